The van der Waals surface area contributed by atoms with Crippen LogP contribution in [0.4, 0.5) is 11.6 Å². The van der Waals surface area contributed by atoms with Crippen molar-refractivity contribution in [2.24, 2.45) is 0 Å². The molecule has 2 heterocycles. The van der Waals surface area contributed by atoms with Gasteiger partial charge in [0, 0.05) is 12.6 Å². The molecule has 1 saturated heterocycles. The summed E-state index contributed by atoms with van der Waals surface area (Å²) in [6, 6.07) is 6.23. The minimum Gasteiger partial charge on any atom is -0.384 e. The first kappa shape index (κ1) is 11.2. The lowest BCUT2D eigenvalue weighted by molar-refractivity contribution is 0.269. The molecule has 1 aliphatic heterocycles. The van der Waals surface area contributed by atoms with Crippen molar-refractivity contribution in [2.75, 3.05) is 30.7 Å². The molecular formula is C12H20N4. The normalized spacial score (nSPS) is 18.6. The van der Waals surface area contributed by atoms with Crippen LogP contribution in [0.25, 0.3) is 0 Å². The van der Waals surface area contributed by atoms with Gasteiger partial charge in [0.25, 0.3) is 0 Å². The summed E-state index contributed by atoms with van der Waals surface area (Å²) in [5, 5.41) is 3.33. The van der Waals surface area contributed by atoms with E-state index in [1.165, 1.54) is 25.9 Å². The number of likely N-dealkylation sites (tertiary alicyclic amines) is 1. The second-order valence-corrected chi connectivity index (χ2v) is 4.42. The van der Waals surface area contributed by atoms with Gasteiger partial charge in [-0.25, -0.2) is 4.98 Å². The Kier molecular flexibility index (Phi) is 3.62. The SMILES string of the molecule is CC(CNc1cccc(N)n1)N1CCCC1. The molecule has 1 aromatic heterocycles. The van der Waals surface area contributed by atoms with E-state index in [1.54, 1.807) is 6.07 Å². The maximum Gasteiger partial charge on any atom is 0.128 e. The van der Waals surface area contributed by atoms with Gasteiger partial charge in [0.1, 0.15) is 11.6 Å². The number of pyridine rings is 1. The lowest BCUT2D eigenvalue weighted by Crippen LogP contribution is -2.35. The molecular weight excluding hydrogens is 200 g/mol. The van der Waals surface area contributed by atoms with Crippen LogP contribution in [0.5, 0.6) is 0 Å². The number of nitrogens with two attached hydrogens (primary N) is 1. The maximum absolute atomic E-state index is 5.63. The van der Waals surface area contributed by atoms with Crippen LogP contribution in [-0.2, 0) is 0 Å². The van der Waals surface area contributed by atoms with E-state index in [0.717, 1.165) is 12.4 Å². The molecule has 0 spiro atoms. The molecule has 1 atom stereocenters. The third kappa shape index (κ3) is 2.85. The highest BCUT2D eigenvalue weighted by Crippen LogP contribution is 2.12. The number of nitrogens with zero attached hydrogens (tertiary/aromatic N) is 2. The molecule has 88 valence electrons. The number of nitrogen functional groups attached to an aromatic ring is 1. The highest BCUT2D eigenvalue weighted by atomic mass is 15.2. The number of hydrogen-bond acceptors (Lipinski definition) is 4. The number of rotatable bonds is 4. The fourth-order valence-corrected chi connectivity index (χ4v) is 2.11. The molecule has 3 N–H and O–H groups in total. The number of hydrogen-bond donors (Lipinski definition) is 2. The maximum atomic E-state index is 5.63. The van der Waals surface area contributed by atoms with Crippen molar-refractivity contribution in [1.29, 1.82) is 0 Å². The van der Waals surface area contributed by atoms with Crippen LogP contribution in [0.3, 0.4) is 0 Å². The monoisotopic (exact) mass is 220 g/mol. The first-order chi connectivity index (χ1) is 7.75. The molecule has 0 aliphatic carbocycles. The first-order valence-corrected chi connectivity index (χ1v) is 5.96. The van der Waals surface area contributed by atoms with Crippen molar-refractivity contribution >= 4 is 11.6 Å². The van der Waals surface area contributed by atoms with Gasteiger partial charge in [-0.1, -0.05) is 6.07 Å². The number of aromatic nitrogens is 1. The molecule has 1 aliphatic rings. The summed E-state index contributed by atoms with van der Waals surface area (Å²) in [4.78, 5) is 6.73. The quantitative estimate of drug-likeness (QED) is 0.808. The van der Waals surface area contributed by atoms with Crippen molar-refractivity contribution in [2.45, 2.75) is 25.8 Å². The van der Waals surface area contributed by atoms with Crippen LogP contribution in [0.15, 0.2) is 18.2 Å². The van der Waals surface area contributed by atoms with Gasteiger partial charge in [0.05, 0.1) is 0 Å². The van der Waals surface area contributed by atoms with Crippen LogP contribution in [0.1, 0.15) is 19.8 Å². The molecule has 0 aromatic carbocycles. The van der Waals surface area contributed by atoms with Crippen LogP contribution in [0.2, 0.25) is 0 Å². The summed E-state index contributed by atoms with van der Waals surface area (Å²) in [7, 11) is 0. The fraction of sp³-hybridized carbons (Fsp3) is 0.583. The van der Waals surface area contributed by atoms with Crippen molar-refractivity contribution in [3.8, 4) is 0 Å². The van der Waals surface area contributed by atoms with E-state index in [0.29, 0.717) is 11.9 Å². The topological polar surface area (TPSA) is 54.2 Å². The lowest BCUT2D eigenvalue weighted by Gasteiger charge is -2.24. The van der Waals surface area contributed by atoms with E-state index >= 15 is 0 Å². The van der Waals surface area contributed by atoms with Gasteiger partial charge >= 0.3 is 0 Å². The summed E-state index contributed by atoms with van der Waals surface area (Å²) in [5.41, 5.74) is 5.63. The number of anilines is 2. The van der Waals surface area contributed by atoms with E-state index < -0.39 is 0 Å². The second kappa shape index (κ2) is 5.16. The Morgan fingerprint density at radius 1 is 1.44 bits per heavy atom. The van der Waals surface area contributed by atoms with Crippen LogP contribution >= 0.6 is 0 Å². The Morgan fingerprint density at radius 3 is 2.88 bits per heavy atom. The van der Waals surface area contributed by atoms with E-state index in [2.05, 4.69) is 22.1 Å². The molecule has 4 nitrogen and oxygen atoms in total. The zero-order valence-electron chi connectivity index (χ0n) is 9.82. The highest BCUT2D eigenvalue weighted by Gasteiger charge is 2.17. The first-order valence-electron chi connectivity index (χ1n) is 5.96. The van der Waals surface area contributed by atoms with E-state index in [9.17, 15) is 0 Å². The van der Waals surface area contributed by atoms with E-state index in [4.69, 9.17) is 5.73 Å². The van der Waals surface area contributed by atoms with Crippen LogP contribution in [0, 0.1) is 0 Å². The van der Waals surface area contributed by atoms with Gasteiger partial charge < -0.3 is 11.1 Å². The smallest absolute Gasteiger partial charge is 0.128 e. The molecule has 0 saturated carbocycles. The average molecular weight is 220 g/mol. The standard InChI is InChI=1S/C12H20N4/c1-10(16-7-2-3-8-16)9-14-12-6-4-5-11(13)15-12/h4-6,10H,2-3,7-9H2,1H3,(H3,13,14,15). The Labute approximate surface area is 96.8 Å². The summed E-state index contributed by atoms with van der Waals surface area (Å²) >= 11 is 0. The van der Waals surface area contributed by atoms with Gasteiger partial charge in [-0.05, 0) is 45.0 Å². The minimum absolute atomic E-state index is 0.561. The summed E-state index contributed by atoms with van der Waals surface area (Å²) in [6.07, 6.45) is 2.67. The van der Waals surface area contributed by atoms with Gasteiger partial charge in [-0.15, -0.1) is 0 Å². The third-order valence-corrected chi connectivity index (χ3v) is 3.11. The molecule has 0 amide bonds. The van der Waals surface area contributed by atoms with Crippen molar-refractivity contribution in [3.63, 3.8) is 0 Å². The molecule has 0 radical (unpaired) electrons. The molecule has 2 rings (SSSR count). The fourth-order valence-electron chi connectivity index (χ4n) is 2.11. The summed E-state index contributed by atoms with van der Waals surface area (Å²) in [5.74, 6) is 1.44. The van der Waals surface area contributed by atoms with Gasteiger partial charge in [0.15, 0.2) is 0 Å². The Morgan fingerprint density at radius 2 is 2.19 bits per heavy atom. The molecule has 0 bridgehead atoms. The predicted molar refractivity (Wildman–Crippen MR) is 67.4 cm³/mol. The highest BCUT2D eigenvalue weighted by molar-refractivity contribution is 5.42. The summed E-state index contributed by atoms with van der Waals surface area (Å²) in [6.45, 7) is 5.64. The van der Waals surface area contributed by atoms with Crippen LogP contribution < -0.4 is 11.1 Å². The van der Waals surface area contributed by atoms with Crippen molar-refractivity contribution in [3.05, 3.63) is 18.2 Å². The van der Waals surface area contributed by atoms with Crippen molar-refractivity contribution in [1.82, 2.24) is 9.88 Å². The van der Waals surface area contributed by atoms with Gasteiger partial charge in [0.2, 0.25) is 0 Å². The Bertz CT molecular complexity index is 334. The third-order valence-electron chi connectivity index (χ3n) is 3.11. The molecule has 1 aromatic rings. The predicted octanol–water partition coefficient (Wildman–Crippen LogP) is 1.56. The lowest BCUT2D eigenvalue weighted by atomic mass is 10.3. The van der Waals surface area contributed by atoms with E-state index in [-0.39, 0.29) is 0 Å². The molecule has 4 heteroatoms. The second-order valence-electron chi connectivity index (χ2n) is 4.42. The number of nitrogens with one attached hydrogen (secondary N) is 1. The largest absolute Gasteiger partial charge is 0.384 e. The summed E-state index contributed by atoms with van der Waals surface area (Å²) < 4.78 is 0. The molecule has 1 fully saturated rings. The van der Waals surface area contributed by atoms with Crippen LogP contribution in [-0.4, -0.2) is 35.6 Å². The van der Waals surface area contributed by atoms with Gasteiger partial charge in [-0.3, -0.25) is 4.90 Å². The zero-order valence-corrected chi connectivity index (χ0v) is 9.82. The Hall–Kier alpha value is -1.29. The van der Waals surface area contributed by atoms with Crippen molar-refractivity contribution < 1.29 is 0 Å². The zero-order chi connectivity index (χ0) is 11.4. The average Bonchev–Trinajstić information content (AvgIpc) is 2.79. The Balaban J connectivity index is 1.82. The molecule has 16 heavy (non-hydrogen) atoms. The minimum atomic E-state index is 0.561. The van der Waals surface area contributed by atoms with E-state index in [1.807, 2.05) is 12.1 Å². The van der Waals surface area contributed by atoms with Gasteiger partial charge in [-0.2, -0.15) is 0 Å². The molecule has 1 unspecified atom stereocenters.